The largest absolute Gasteiger partial charge is 0.496 e. The van der Waals surface area contributed by atoms with E-state index in [1.165, 1.54) is 0 Å². The van der Waals surface area contributed by atoms with Crippen molar-refractivity contribution in [1.82, 2.24) is 19.7 Å². The summed E-state index contributed by atoms with van der Waals surface area (Å²) in [5.41, 5.74) is 4.89. The first kappa shape index (κ1) is 19.8. The van der Waals surface area contributed by atoms with Crippen molar-refractivity contribution in [1.29, 1.82) is 0 Å². The maximum Gasteiger partial charge on any atom is 0.165 e. The Labute approximate surface area is 185 Å². The van der Waals surface area contributed by atoms with Gasteiger partial charge in [-0.05, 0) is 31.2 Å². The molecule has 0 radical (unpaired) electrons. The van der Waals surface area contributed by atoms with Crippen LogP contribution in [0.25, 0.3) is 38.9 Å². The number of aromatic nitrogens is 4. The van der Waals surface area contributed by atoms with Gasteiger partial charge in [0.15, 0.2) is 5.65 Å². The van der Waals surface area contributed by atoms with E-state index in [0.29, 0.717) is 17.2 Å². The van der Waals surface area contributed by atoms with Crippen LogP contribution in [-0.2, 0) is 0 Å². The quantitative estimate of drug-likeness (QED) is 0.395. The van der Waals surface area contributed by atoms with E-state index in [2.05, 4.69) is 0 Å². The molecule has 2 aromatic carbocycles. The summed E-state index contributed by atoms with van der Waals surface area (Å²) < 4.78 is 18.5. The Morgan fingerprint density at radius 3 is 2.22 bits per heavy atom. The zero-order valence-corrected chi connectivity index (χ0v) is 18.3. The highest BCUT2D eigenvalue weighted by molar-refractivity contribution is 6.04. The molecule has 0 saturated carbocycles. The van der Waals surface area contributed by atoms with Gasteiger partial charge in [0, 0.05) is 23.7 Å². The highest BCUT2D eigenvalue weighted by atomic mass is 16.5. The van der Waals surface area contributed by atoms with Crippen molar-refractivity contribution in [2.75, 3.05) is 21.3 Å². The molecule has 5 rings (SSSR count). The van der Waals surface area contributed by atoms with E-state index >= 15 is 0 Å². The Balaban J connectivity index is 1.78. The molecular formula is C25H22N4O3. The summed E-state index contributed by atoms with van der Waals surface area (Å²) in [6.07, 6.45) is 1.83. The third-order valence-electron chi connectivity index (χ3n) is 5.50. The minimum Gasteiger partial charge on any atom is -0.496 e. The van der Waals surface area contributed by atoms with Gasteiger partial charge in [-0.2, -0.15) is 5.10 Å². The number of methoxy groups -OCH3 is 3. The summed E-state index contributed by atoms with van der Waals surface area (Å²) in [7, 11) is 4.85. The van der Waals surface area contributed by atoms with Crippen LogP contribution in [0.1, 0.15) is 5.69 Å². The molecule has 0 aliphatic heterocycles. The zero-order chi connectivity index (χ0) is 22.2. The maximum atomic E-state index is 5.64. The summed E-state index contributed by atoms with van der Waals surface area (Å²) >= 11 is 0. The molecule has 0 N–H and O–H groups in total. The van der Waals surface area contributed by atoms with Crippen molar-refractivity contribution >= 4 is 21.9 Å². The van der Waals surface area contributed by atoms with Crippen LogP contribution in [0.5, 0.6) is 17.2 Å². The van der Waals surface area contributed by atoms with E-state index in [9.17, 15) is 0 Å². The lowest BCUT2D eigenvalue weighted by Gasteiger charge is -2.15. The summed E-state index contributed by atoms with van der Waals surface area (Å²) in [5.74, 6) is 1.89. The Bertz CT molecular complexity index is 1420. The van der Waals surface area contributed by atoms with Crippen LogP contribution < -0.4 is 14.2 Å². The van der Waals surface area contributed by atoms with Crippen LogP contribution in [0.4, 0.5) is 0 Å². The van der Waals surface area contributed by atoms with Gasteiger partial charge in [-0.1, -0.05) is 18.2 Å². The first-order valence-corrected chi connectivity index (χ1v) is 10.2. The third kappa shape index (κ3) is 3.10. The summed E-state index contributed by atoms with van der Waals surface area (Å²) in [4.78, 5) is 9.71. The van der Waals surface area contributed by atoms with Crippen LogP contribution in [0.3, 0.4) is 0 Å². The van der Waals surface area contributed by atoms with Gasteiger partial charge in [0.1, 0.15) is 17.2 Å². The van der Waals surface area contributed by atoms with E-state index in [1.807, 2.05) is 72.4 Å². The van der Waals surface area contributed by atoms with Gasteiger partial charge in [-0.3, -0.25) is 0 Å². The molecule has 3 aromatic heterocycles. The summed E-state index contributed by atoms with van der Waals surface area (Å²) in [5, 5.41) is 6.60. The van der Waals surface area contributed by atoms with Crippen molar-refractivity contribution in [3.63, 3.8) is 0 Å². The number of benzene rings is 2. The lowest BCUT2D eigenvalue weighted by Crippen LogP contribution is -1.98. The Morgan fingerprint density at radius 2 is 1.56 bits per heavy atom. The maximum absolute atomic E-state index is 5.64. The van der Waals surface area contributed by atoms with Crippen molar-refractivity contribution in [2.45, 2.75) is 6.92 Å². The van der Waals surface area contributed by atoms with Crippen LogP contribution in [0.2, 0.25) is 0 Å². The Hall–Kier alpha value is -4.13. The molecule has 0 bridgehead atoms. The van der Waals surface area contributed by atoms with Gasteiger partial charge in [-0.25, -0.2) is 14.6 Å². The first-order valence-electron chi connectivity index (χ1n) is 10.2. The van der Waals surface area contributed by atoms with Crippen LogP contribution in [0, 0.1) is 6.92 Å². The predicted octanol–water partition coefficient (Wildman–Crippen LogP) is 4.97. The first-order chi connectivity index (χ1) is 15.6. The van der Waals surface area contributed by atoms with Crippen molar-refractivity contribution in [3.8, 4) is 34.2 Å². The van der Waals surface area contributed by atoms with Gasteiger partial charge in [0.05, 0.1) is 54.9 Å². The molecule has 0 saturated heterocycles. The molecule has 3 heterocycles. The number of para-hydroxylation sites is 1. The van der Waals surface area contributed by atoms with Crippen LogP contribution >= 0.6 is 0 Å². The number of hydrogen-bond acceptors (Lipinski definition) is 6. The molecular weight excluding hydrogens is 404 g/mol. The van der Waals surface area contributed by atoms with Crippen LogP contribution in [0.15, 0.2) is 60.8 Å². The smallest absolute Gasteiger partial charge is 0.165 e. The fraction of sp³-hybridized carbons (Fsp3) is 0.160. The standard InChI is InChI=1S/C25H22N4O3/c1-15-22-24-16(14-26-25(22)29(28-15)17-8-6-5-7-9-17)10-11-19(27-24)23-20(31-3)12-18(30-2)13-21(23)32-4/h5-14H,1-4H3. The number of hydrogen-bond donors (Lipinski definition) is 0. The summed E-state index contributed by atoms with van der Waals surface area (Å²) in [6.45, 7) is 1.98. The monoisotopic (exact) mass is 426 g/mol. The molecule has 0 atom stereocenters. The van der Waals surface area contributed by atoms with Gasteiger partial charge in [0.2, 0.25) is 0 Å². The lowest BCUT2D eigenvalue weighted by atomic mass is 10.1. The van der Waals surface area contributed by atoms with Gasteiger partial charge in [-0.15, -0.1) is 0 Å². The van der Waals surface area contributed by atoms with Crippen LogP contribution in [-0.4, -0.2) is 41.1 Å². The predicted molar refractivity (Wildman–Crippen MR) is 124 cm³/mol. The average Bonchev–Trinajstić information content (AvgIpc) is 3.20. The minimum absolute atomic E-state index is 0.620. The number of rotatable bonds is 5. The molecule has 7 heteroatoms. The molecule has 160 valence electrons. The van der Waals surface area contributed by atoms with Gasteiger partial charge >= 0.3 is 0 Å². The lowest BCUT2D eigenvalue weighted by molar-refractivity contribution is 0.377. The molecule has 0 fully saturated rings. The number of aryl methyl sites for hydroxylation is 1. The minimum atomic E-state index is 0.620. The number of pyridine rings is 2. The second-order valence-electron chi connectivity index (χ2n) is 7.33. The average molecular weight is 426 g/mol. The second-order valence-corrected chi connectivity index (χ2v) is 7.33. The Morgan fingerprint density at radius 1 is 0.844 bits per heavy atom. The number of ether oxygens (including phenoxy) is 3. The molecule has 0 spiro atoms. The Kier molecular flexibility index (Phi) is 4.86. The molecule has 32 heavy (non-hydrogen) atoms. The van der Waals surface area contributed by atoms with Crippen molar-refractivity contribution < 1.29 is 14.2 Å². The second kappa shape index (κ2) is 7.85. The highest BCUT2D eigenvalue weighted by Crippen LogP contribution is 2.42. The van der Waals surface area contributed by atoms with E-state index in [1.54, 1.807) is 21.3 Å². The zero-order valence-electron chi connectivity index (χ0n) is 18.3. The summed E-state index contributed by atoms with van der Waals surface area (Å²) in [6, 6.07) is 17.6. The van der Waals surface area contributed by atoms with Gasteiger partial charge < -0.3 is 14.2 Å². The number of fused-ring (bicyclic) bond motifs is 3. The topological polar surface area (TPSA) is 71.3 Å². The molecule has 0 amide bonds. The fourth-order valence-corrected chi connectivity index (χ4v) is 3.96. The molecule has 0 aliphatic rings. The molecule has 0 aliphatic carbocycles. The van der Waals surface area contributed by atoms with Crippen molar-refractivity contribution in [3.05, 3.63) is 66.5 Å². The third-order valence-corrected chi connectivity index (χ3v) is 5.50. The van der Waals surface area contributed by atoms with E-state index in [-0.39, 0.29) is 0 Å². The molecule has 7 nitrogen and oxygen atoms in total. The fourth-order valence-electron chi connectivity index (χ4n) is 3.96. The number of nitrogens with zero attached hydrogens (tertiary/aromatic N) is 4. The highest BCUT2D eigenvalue weighted by Gasteiger charge is 2.19. The van der Waals surface area contributed by atoms with E-state index in [4.69, 9.17) is 29.3 Å². The van der Waals surface area contributed by atoms with E-state index in [0.717, 1.165) is 44.6 Å². The molecule has 0 unspecified atom stereocenters. The van der Waals surface area contributed by atoms with Gasteiger partial charge in [0.25, 0.3) is 0 Å². The molecule has 5 aromatic rings. The SMILES string of the molecule is COc1cc(OC)c(-c2ccc3cnc4c(c(C)nn4-c4ccccc4)c3n2)c(OC)c1. The van der Waals surface area contributed by atoms with Crippen molar-refractivity contribution in [2.24, 2.45) is 0 Å². The normalized spacial score (nSPS) is 11.1. The van der Waals surface area contributed by atoms with E-state index < -0.39 is 0 Å².